The number of methoxy groups -OCH3 is 2. The summed E-state index contributed by atoms with van der Waals surface area (Å²) in [5.74, 6) is 0.978. The number of hydrogen-bond donors (Lipinski definition) is 2. The van der Waals surface area contributed by atoms with Gasteiger partial charge in [-0.15, -0.1) is 0 Å². The van der Waals surface area contributed by atoms with Gasteiger partial charge in [-0.2, -0.15) is 0 Å². The SMILES string of the molecule is CCCNC(=O)NC(=O)CN(C)Cc1cc(OC)c(OC)cc1C. The molecule has 0 unspecified atom stereocenters. The molecule has 7 nitrogen and oxygen atoms in total. The third kappa shape index (κ3) is 6.08. The number of amides is 3. The molecule has 1 rings (SSSR count). The number of imide groups is 1. The van der Waals surface area contributed by atoms with Crippen molar-refractivity contribution in [1.29, 1.82) is 0 Å². The van der Waals surface area contributed by atoms with Gasteiger partial charge in [0.05, 0.1) is 20.8 Å². The van der Waals surface area contributed by atoms with Crippen molar-refractivity contribution in [3.05, 3.63) is 23.3 Å². The molecule has 3 amide bonds. The van der Waals surface area contributed by atoms with Crippen LogP contribution in [0.3, 0.4) is 0 Å². The Morgan fingerprint density at radius 1 is 1.17 bits per heavy atom. The molecular weight excluding hydrogens is 310 g/mol. The van der Waals surface area contributed by atoms with Crippen LogP contribution in [-0.4, -0.2) is 51.2 Å². The summed E-state index contributed by atoms with van der Waals surface area (Å²) in [4.78, 5) is 25.2. The van der Waals surface area contributed by atoms with Crippen LogP contribution in [0.25, 0.3) is 0 Å². The topological polar surface area (TPSA) is 79.9 Å². The molecule has 24 heavy (non-hydrogen) atoms. The number of aryl methyl sites for hydroxylation is 1. The van der Waals surface area contributed by atoms with Gasteiger partial charge in [0.2, 0.25) is 5.91 Å². The van der Waals surface area contributed by atoms with E-state index in [1.54, 1.807) is 14.2 Å². The molecule has 0 fully saturated rings. The summed E-state index contributed by atoms with van der Waals surface area (Å²) in [6.07, 6.45) is 0.820. The van der Waals surface area contributed by atoms with E-state index in [2.05, 4.69) is 10.6 Å². The highest BCUT2D eigenvalue weighted by molar-refractivity contribution is 5.95. The maximum absolute atomic E-state index is 11.9. The average molecular weight is 337 g/mol. The van der Waals surface area contributed by atoms with Crippen molar-refractivity contribution in [1.82, 2.24) is 15.5 Å². The van der Waals surface area contributed by atoms with Crippen molar-refractivity contribution in [2.75, 3.05) is 34.4 Å². The lowest BCUT2D eigenvalue weighted by Crippen LogP contribution is -2.43. The molecule has 0 aliphatic carbocycles. The Morgan fingerprint density at radius 3 is 2.38 bits per heavy atom. The van der Waals surface area contributed by atoms with Gasteiger partial charge < -0.3 is 14.8 Å². The van der Waals surface area contributed by atoms with E-state index in [0.29, 0.717) is 24.6 Å². The van der Waals surface area contributed by atoms with Crippen LogP contribution in [0.4, 0.5) is 4.79 Å². The molecule has 0 radical (unpaired) electrons. The van der Waals surface area contributed by atoms with Gasteiger partial charge >= 0.3 is 6.03 Å². The van der Waals surface area contributed by atoms with E-state index < -0.39 is 6.03 Å². The quantitative estimate of drug-likeness (QED) is 0.754. The van der Waals surface area contributed by atoms with Gasteiger partial charge in [-0.3, -0.25) is 15.0 Å². The normalized spacial score (nSPS) is 10.4. The van der Waals surface area contributed by atoms with E-state index >= 15 is 0 Å². The van der Waals surface area contributed by atoms with Gasteiger partial charge in [0, 0.05) is 13.1 Å². The van der Waals surface area contributed by atoms with Crippen LogP contribution in [0.5, 0.6) is 11.5 Å². The molecule has 0 aromatic heterocycles. The van der Waals surface area contributed by atoms with Crippen molar-refractivity contribution < 1.29 is 19.1 Å². The van der Waals surface area contributed by atoms with E-state index in [4.69, 9.17) is 9.47 Å². The summed E-state index contributed by atoms with van der Waals surface area (Å²) in [5.41, 5.74) is 2.07. The largest absolute Gasteiger partial charge is 0.493 e. The Labute approximate surface area is 143 Å². The molecule has 0 aliphatic heterocycles. The van der Waals surface area contributed by atoms with E-state index in [1.165, 1.54) is 0 Å². The van der Waals surface area contributed by atoms with E-state index in [0.717, 1.165) is 17.5 Å². The lowest BCUT2D eigenvalue weighted by Gasteiger charge is -2.19. The lowest BCUT2D eigenvalue weighted by atomic mass is 10.1. The number of carbonyl (C=O) groups is 2. The fourth-order valence-electron chi connectivity index (χ4n) is 2.23. The van der Waals surface area contributed by atoms with E-state index in [9.17, 15) is 9.59 Å². The van der Waals surface area contributed by atoms with Gasteiger partial charge in [0.25, 0.3) is 0 Å². The third-order valence-electron chi connectivity index (χ3n) is 3.48. The molecule has 0 saturated carbocycles. The molecule has 2 N–H and O–H groups in total. The summed E-state index contributed by atoms with van der Waals surface area (Å²) in [7, 11) is 5.00. The second-order valence-corrected chi connectivity index (χ2v) is 5.61. The number of nitrogens with zero attached hydrogens (tertiary/aromatic N) is 1. The molecule has 0 bridgehead atoms. The summed E-state index contributed by atoms with van der Waals surface area (Å²) in [5, 5.41) is 4.91. The van der Waals surface area contributed by atoms with E-state index in [-0.39, 0.29) is 12.5 Å². The Bertz CT molecular complexity index is 575. The Morgan fingerprint density at radius 2 is 1.79 bits per heavy atom. The van der Waals surface area contributed by atoms with E-state index in [1.807, 2.05) is 37.9 Å². The molecule has 0 atom stereocenters. The Hall–Kier alpha value is -2.28. The fourth-order valence-corrected chi connectivity index (χ4v) is 2.23. The molecular formula is C17H27N3O4. The zero-order valence-corrected chi connectivity index (χ0v) is 15.1. The van der Waals surface area contributed by atoms with Crippen LogP contribution in [0.1, 0.15) is 24.5 Å². The number of hydrogen-bond acceptors (Lipinski definition) is 5. The van der Waals surface area contributed by atoms with Crippen molar-refractivity contribution in [2.24, 2.45) is 0 Å². The highest BCUT2D eigenvalue weighted by Crippen LogP contribution is 2.30. The number of likely N-dealkylation sites (N-methyl/N-ethyl adjacent to an activating group) is 1. The number of urea groups is 1. The predicted molar refractivity (Wildman–Crippen MR) is 92.4 cm³/mol. The second-order valence-electron chi connectivity index (χ2n) is 5.61. The molecule has 0 heterocycles. The minimum absolute atomic E-state index is 0.118. The summed E-state index contributed by atoms with van der Waals surface area (Å²) in [6.45, 7) is 5.13. The van der Waals surface area contributed by atoms with Crippen LogP contribution in [0.15, 0.2) is 12.1 Å². The summed E-state index contributed by atoms with van der Waals surface area (Å²) in [6, 6.07) is 3.34. The first kappa shape index (κ1) is 19.8. The van der Waals surface area contributed by atoms with Crippen LogP contribution in [-0.2, 0) is 11.3 Å². The van der Waals surface area contributed by atoms with Gasteiger partial charge in [-0.1, -0.05) is 6.92 Å². The van der Waals surface area contributed by atoms with Crippen LogP contribution in [0.2, 0.25) is 0 Å². The highest BCUT2D eigenvalue weighted by atomic mass is 16.5. The Balaban J connectivity index is 2.63. The maximum Gasteiger partial charge on any atom is 0.321 e. The number of nitrogens with one attached hydrogen (secondary N) is 2. The zero-order valence-electron chi connectivity index (χ0n) is 15.1. The molecule has 0 saturated heterocycles. The summed E-state index contributed by atoms with van der Waals surface area (Å²) < 4.78 is 10.6. The maximum atomic E-state index is 11.9. The highest BCUT2D eigenvalue weighted by Gasteiger charge is 2.13. The van der Waals surface area contributed by atoms with Crippen LogP contribution >= 0.6 is 0 Å². The predicted octanol–water partition coefficient (Wildman–Crippen LogP) is 1.68. The molecule has 134 valence electrons. The van der Waals surface area contributed by atoms with Gasteiger partial charge in [0.1, 0.15) is 0 Å². The number of ether oxygens (including phenoxy) is 2. The Kier molecular flexibility index (Phi) is 8.05. The standard InChI is InChI=1S/C17H27N3O4/c1-6-7-18-17(22)19-16(21)11-20(3)10-13-9-15(24-5)14(23-4)8-12(13)2/h8-9H,6-7,10-11H2,1-5H3,(H2,18,19,21,22). The van der Waals surface area contributed by atoms with Crippen LogP contribution < -0.4 is 20.1 Å². The van der Waals surface area contributed by atoms with Crippen molar-refractivity contribution in [3.8, 4) is 11.5 Å². The first-order valence-electron chi connectivity index (χ1n) is 7.89. The molecule has 1 aromatic carbocycles. The molecule has 1 aromatic rings. The fraction of sp³-hybridized carbons (Fsp3) is 0.529. The third-order valence-corrected chi connectivity index (χ3v) is 3.48. The minimum Gasteiger partial charge on any atom is -0.493 e. The van der Waals surface area contributed by atoms with Crippen molar-refractivity contribution in [3.63, 3.8) is 0 Å². The molecule has 7 heteroatoms. The first-order valence-corrected chi connectivity index (χ1v) is 7.89. The van der Waals surface area contributed by atoms with Crippen LogP contribution in [0, 0.1) is 6.92 Å². The molecule has 0 aliphatic rings. The van der Waals surface area contributed by atoms with Crippen molar-refractivity contribution >= 4 is 11.9 Å². The minimum atomic E-state index is -0.461. The second kappa shape index (κ2) is 9.77. The number of rotatable bonds is 8. The average Bonchev–Trinajstić information content (AvgIpc) is 2.53. The zero-order chi connectivity index (χ0) is 18.1. The summed E-state index contributed by atoms with van der Waals surface area (Å²) >= 11 is 0. The van der Waals surface area contributed by atoms with Gasteiger partial charge in [0.15, 0.2) is 11.5 Å². The smallest absolute Gasteiger partial charge is 0.321 e. The lowest BCUT2D eigenvalue weighted by molar-refractivity contribution is -0.120. The van der Waals surface area contributed by atoms with Crippen molar-refractivity contribution in [2.45, 2.75) is 26.8 Å². The van der Waals surface area contributed by atoms with Gasteiger partial charge in [-0.25, -0.2) is 4.79 Å². The first-order chi connectivity index (χ1) is 11.4. The number of carbonyl (C=O) groups excluding carboxylic acids is 2. The van der Waals surface area contributed by atoms with Gasteiger partial charge in [-0.05, 0) is 43.7 Å². The monoisotopic (exact) mass is 337 g/mol. The molecule has 0 spiro atoms. The number of benzene rings is 1.